The van der Waals surface area contributed by atoms with Gasteiger partial charge in [-0.25, -0.2) is 8.42 Å². The summed E-state index contributed by atoms with van der Waals surface area (Å²) in [6.45, 7) is 1.58. The Labute approximate surface area is 83.4 Å². The van der Waals surface area contributed by atoms with E-state index in [1.165, 1.54) is 7.05 Å². The van der Waals surface area contributed by atoms with Gasteiger partial charge in [-0.2, -0.15) is 4.31 Å². The minimum atomic E-state index is -3.26. The number of hydrogen-bond donors (Lipinski definition) is 2. The lowest BCUT2D eigenvalue weighted by Gasteiger charge is -2.22. The summed E-state index contributed by atoms with van der Waals surface area (Å²) in [5.74, 6) is -0.100. The molecule has 0 heterocycles. The molecule has 7 heteroatoms. The van der Waals surface area contributed by atoms with E-state index in [0.717, 1.165) is 4.31 Å². The highest BCUT2D eigenvalue weighted by atomic mass is 32.2. The normalized spacial score (nSPS) is 21.2. The van der Waals surface area contributed by atoms with Gasteiger partial charge in [0.15, 0.2) is 5.84 Å². The molecule has 1 fully saturated rings. The molecule has 0 amide bonds. The summed E-state index contributed by atoms with van der Waals surface area (Å²) in [4.78, 5) is 0. The maximum atomic E-state index is 11.7. The van der Waals surface area contributed by atoms with E-state index < -0.39 is 16.1 Å². The molecule has 0 aromatic heterocycles. The van der Waals surface area contributed by atoms with Crippen molar-refractivity contribution in [2.24, 2.45) is 10.9 Å². The Bertz CT molecular complexity index is 334. The lowest BCUT2D eigenvalue weighted by Crippen LogP contribution is -2.45. The van der Waals surface area contributed by atoms with Crippen molar-refractivity contribution in [2.45, 2.75) is 31.1 Å². The predicted molar refractivity (Wildman–Crippen MR) is 52.6 cm³/mol. The fourth-order valence-corrected chi connectivity index (χ4v) is 2.84. The molecule has 0 saturated heterocycles. The number of rotatable bonds is 4. The van der Waals surface area contributed by atoms with Crippen LogP contribution in [0.15, 0.2) is 5.16 Å². The van der Waals surface area contributed by atoms with E-state index in [-0.39, 0.29) is 11.1 Å². The van der Waals surface area contributed by atoms with Gasteiger partial charge in [-0.05, 0) is 19.8 Å². The van der Waals surface area contributed by atoms with Gasteiger partial charge < -0.3 is 10.9 Å². The van der Waals surface area contributed by atoms with Crippen LogP contribution in [0.3, 0.4) is 0 Å². The second kappa shape index (κ2) is 3.74. The zero-order valence-electron chi connectivity index (χ0n) is 8.21. The lowest BCUT2D eigenvalue weighted by molar-refractivity contribution is 0.311. The average molecular weight is 221 g/mol. The van der Waals surface area contributed by atoms with Gasteiger partial charge in [0.05, 0.1) is 11.3 Å². The molecular weight excluding hydrogens is 206 g/mol. The fraction of sp³-hybridized carbons (Fsp3) is 0.857. The molecule has 82 valence electrons. The van der Waals surface area contributed by atoms with Crippen LogP contribution >= 0.6 is 0 Å². The quantitative estimate of drug-likeness (QED) is 0.291. The van der Waals surface area contributed by atoms with E-state index in [1.807, 2.05) is 0 Å². The first-order valence-corrected chi connectivity index (χ1v) is 5.86. The maximum Gasteiger partial charge on any atom is 0.217 e. The topological polar surface area (TPSA) is 96.0 Å². The van der Waals surface area contributed by atoms with Gasteiger partial charge in [0.1, 0.15) is 0 Å². The van der Waals surface area contributed by atoms with Gasteiger partial charge >= 0.3 is 0 Å². The van der Waals surface area contributed by atoms with Gasteiger partial charge in [-0.3, -0.25) is 0 Å². The number of hydrogen-bond acceptors (Lipinski definition) is 4. The third-order valence-corrected chi connectivity index (χ3v) is 4.87. The van der Waals surface area contributed by atoms with Crippen LogP contribution in [0.1, 0.15) is 19.8 Å². The maximum absolute atomic E-state index is 11.7. The van der Waals surface area contributed by atoms with Gasteiger partial charge in [-0.1, -0.05) is 5.16 Å². The Balaban J connectivity index is 2.78. The molecule has 0 aromatic carbocycles. The second-order valence-electron chi connectivity index (χ2n) is 3.46. The Hall–Kier alpha value is -0.820. The van der Waals surface area contributed by atoms with Crippen molar-refractivity contribution in [1.82, 2.24) is 4.31 Å². The molecule has 0 aliphatic heterocycles. The third kappa shape index (κ3) is 1.98. The van der Waals surface area contributed by atoms with Gasteiger partial charge in [0.2, 0.25) is 10.0 Å². The van der Waals surface area contributed by atoms with Gasteiger partial charge in [0.25, 0.3) is 0 Å². The molecular formula is C7H15N3O3S. The first-order chi connectivity index (χ1) is 6.41. The average Bonchev–Trinajstić information content (AvgIpc) is 2.97. The van der Waals surface area contributed by atoms with Crippen molar-refractivity contribution in [3.05, 3.63) is 0 Å². The zero-order chi connectivity index (χ0) is 10.9. The third-order valence-electron chi connectivity index (χ3n) is 2.44. The van der Waals surface area contributed by atoms with Crippen molar-refractivity contribution >= 4 is 15.9 Å². The van der Waals surface area contributed by atoms with E-state index in [1.54, 1.807) is 6.92 Å². The van der Waals surface area contributed by atoms with E-state index >= 15 is 0 Å². The molecule has 14 heavy (non-hydrogen) atoms. The Kier molecular flexibility index (Phi) is 3.01. The van der Waals surface area contributed by atoms with E-state index in [9.17, 15) is 8.42 Å². The highest BCUT2D eigenvalue weighted by Crippen LogP contribution is 2.31. The van der Waals surface area contributed by atoms with Crippen LogP contribution in [0.4, 0.5) is 0 Å². The summed E-state index contributed by atoms with van der Waals surface area (Å²) < 4.78 is 24.5. The number of sulfonamides is 1. The largest absolute Gasteiger partial charge is 0.409 e. The molecule has 1 aliphatic rings. The van der Waals surface area contributed by atoms with Crippen LogP contribution in [-0.2, 0) is 10.0 Å². The monoisotopic (exact) mass is 221 g/mol. The highest BCUT2D eigenvalue weighted by Gasteiger charge is 2.40. The molecule has 1 unspecified atom stereocenters. The van der Waals surface area contributed by atoms with Crippen molar-refractivity contribution in [3.63, 3.8) is 0 Å². The SMILES string of the molecule is CC(C(N)=NO)N(C)S(=O)(=O)C1CC1. The molecule has 1 aliphatic carbocycles. The molecule has 1 atom stereocenters. The number of oxime groups is 1. The molecule has 6 nitrogen and oxygen atoms in total. The van der Waals surface area contributed by atoms with E-state index in [2.05, 4.69) is 5.16 Å². The molecule has 0 radical (unpaired) electrons. The Morgan fingerprint density at radius 2 is 2.14 bits per heavy atom. The molecule has 0 aromatic rings. The first kappa shape index (κ1) is 11.3. The van der Waals surface area contributed by atoms with Crippen molar-refractivity contribution in [3.8, 4) is 0 Å². The molecule has 1 rings (SSSR count). The number of likely N-dealkylation sites (N-methyl/N-ethyl adjacent to an activating group) is 1. The molecule has 1 saturated carbocycles. The fourth-order valence-electron chi connectivity index (χ4n) is 1.09. The summed E-state index contributed by atoms with van der Waals surface area (Å²) in [6.07, 6.45) is 1.41. The van der Waals surface area contributed by atoms with E-state index in [0.29, 0.717) is 12.8 Å². The van der Waals surface area contributed by atoms with Crippen LogP contribution in [0.2, 0.25) is 0 Å². The summed E-state index contributed by atoms with van der Waals surface area (Å²) in [5.41, 5.74) is 5.33. The molecule has 3 N–H and O–H groups in total. The van der Waals surface area contributed by atoms with Crippen LogP contribution in [0.5, 0.6) is 0 Å². The zero-order valence-corrected chi connectivity index (χ0v) is 9.03. The number of amidine groups is 1. The molecule has 0 bridgehead atoms. The van der Waals surface area contributed by atoms with Crippen molar-refractivity contribution in [1.29, 1.82) is 0 Å². The predicted octanol–water partition coefficient (Wildman–Crippen LogP) is -0.455. The van der Waals surface area contributed by atoms with Crippen molar-refractivity contribution in [2.75, 3.05) is 7.05 Å². The van der Waals surface area contributed by atoms with Gasteiger partial charge in [-0.15, -0.1) is 0 Å². The summed E-state index contributed by atoms with van der Waals surface area (Å²) in [5, 5.41) is 10.9. The molecule has 0 spiro atoms. The van der Waals surface area contributed by atoms with Crippen LogP contribution in [0.25, 0.3) is 0 Å². The lowest BCUT2D eigenvalue weighted by atomic mass is 10.3. The van der Waals surface area contributed by atoms with Crippen LogP contribution in [0, 0.1) is 0 Å². The number of nitrogens with zero attached hydrogens (tertiary/aromatic N) is 2. The second-order valence-corrected chi connectivity index (χ2v) is 5.73. The van der Waals surface area contributed by atoms with Crippen molar-refractivity contribution < 1.29 is 13.6 Å². The summed E-state index contributed by atoms with van der Waals surface area (Å²) in [6, 6.07) is -0.606. The van der Waals surface area contributed by atoms with E-state index in [4.69, 9.17) is 10.9 Å². The minimum absolute atomic E-state index is 0.100. The number of nitrogens with two attached hydrogens (primary N) is 1. The smallest absolute Gasteiger partial charge is 0.217 e. The van der Waals surface area contributed by atoms with Crippen LogP contribution < -0.4 is 5.73 Å². The standard InChI is InChI=1S/C7H15N3O3S/c1-5(7(8)9-11)10(2)14(12,13)6-3-4-6/h5-6,11H,3-4H2,1-2H3,(H2,8,9). The Morgan fingerprint density at radius 3 is 2.50 bits per heavy atom. The first-order valence-electron chi connectivity index (χ1n) is 4.35. The Morgan fingerprint density at radius 1 is 1.64 bits per heavy atom. The summed E-state index contributed by atoms with van der Waals surface area (Å²) >= 11 is 0. The van der Waals surface area contributed by atoms with Gasteiger partial charge in [0, 0.05) is 7.05 Å². The minimum Gasteiger partial charge on any atom is -0.409 e. The van der Waals surface area contributed by atoms with Crippen LogP contribution in [-0.4, -0.2) is 42.1 Å². The highest BCUT2D eigenvalue weighted by molar-refractivity contribution is 7.90. The summed E-state index contributed by atoms with van der Waals surface area (Å²) in [7, 11) is -1.82.